The van der Waals surface area contributed by atoms with Crippen LogP contribution >= 0.6 is 11.3 Å². The largest absolute Gasteiger partial charge is 0.508 e. The van der Waals surface area contributed by atoms with E-state index in [1.165, 1.54) is 29.5 Å². The van der Waals surface area contributed by atoms with Crippen LogP contribution in [0.4, 0.5) is 13.2 Å². The van der Waals surface area contributed by atoms with Crippen molar-refractivity contribution in [2.24, 2.45) is 0 Å². The minimum atomic E-state index is -4.37. The Hall–Kier alpha value is -2.86. The third-order valence-corrected chi connectivity index (χ3v) is 5.14. The summed E-state index contributed by atoms with van der Waals surface area (Å²) in [5, 5.41) is 9.52. The van der Waals surface area contributed by atoms with Gasteiger partial charge >= 0.3 is 6.18 Å². The van der Waals surface area contributed by atoms with Gasteiger partial charge < -0.3 is 5.11 Å². The number of alkyl halides is 3. The lowest BCUT2D eigenvalue weighted by molar-refractivity contribution is -0.137. The molecule has 3 rings (SSSR count). The minimum Gasteiger partial charge on any atom is -0.508 e. The molecule has 0 aliphatic rings. The van der Waals surface area contributed by atoms with E-state index in [9.17, 15) is 23.1 Å². The molecule has 0 atom stereocenters. The highest BCUT2D eigenvalue weighted by atomic mass is 32.1. The van der Waals surface area contributed by atoms with Gasteiger partial charge in [-0.1, -0.05) is 24.3 Å². The van der Waals surface area contributed by atoms with Crippen molar-refractivity contribution in [3.05, 3.63) is 82.2 Å². The highest BCUT2D eigenvalue weighted by Crippen LogP contribution is 2.33. The van der Waals surface area contributed by atoms with Crippen molar-refractivity contribution in [2.75, 3.05) is 0 Å². The Morgan fingerprint density at radius 1 is 1.04 bits per heavy atom. The fourth-order valence-corrected chi connectivity index (χ4v) is 3.42. The number of phenols is 1. The van der Waals surface area contributed by atoms with Gasteiger partial charge in [0, 0.05) is 4.88 Å². The van der Waals surface area contributed by atoms with Crippen molar-refractivity contribution in [3.8, 4) is 16.2 Å². The van der Waals surface area contributed by atoms with Gasteiger partial charge in [-0.05, 0) is 66.1 Å². The quantitative estimate of drug-likeness (QED) is 0.418. The average molecular weight is 388 g/mol. The van der Waals surface area contributed by atoms with E-state index in [-0.39, 0.29) is 11.5 Å². The molecule has 0 bridgehead atoms. The van der Waals surface area contributed by atoms with Gasteiger partial charge in [0.25, 0.3) is 0 Å². The van der Waals surface area contributed by atoms with Crippen LogP contribution in [-0.4, -0.2) is 10.9 Å². The Morgan fingerprint density at radius 3 is 2.37 bits per heavy atom. The summed E-state index contributed by atoms with van der Waals surface area (Å²) in [6.45, 7) is 1.77. The first-order chi connectivity index (χ1) is 12.7. The lowest BCUT2D eigenvalue weighted by atomic mass is 10.1. The van der Waals surface area contributed by atoms with Crippen molar-refractivity contribution in [3.63, 3.8) is 0 Å². The summed E-state index contributed by atoms with van der Waals surface area (Å²) in [7, 11) is 0. The van der Waals surface area contributed by atoms with Crippen LogP contribution < -0.4 is 0 Å². The van der Waals surface area contributed by atoms with Gasteiger partial charge in [0.2, 0.25) is 0 Å². The van der Waals surface area contributed by atoms with Crippen LogP contribution in [0.5, 0.6) is 5.75 Å². The van der Waals surface area contributed by atoms with E-state index in [4.69, 9.17) is 0 Å². The Bertz CT molecular complexity index is 999. The molecule has 0 amide bonds. The van der Waals surface area contributed by atoms with Crippen LogP contribution in [0.3, 0.4) is 0 Å². The molecule has 1 N–H and O–H groups in total. The number of aromatic hydroxyl groups is 1. The molecule has 2 aromatic carbocycles. The molecule has 0 saturated carbocycles. The third-order valence-electron chi connectivity index (χ3n) is 3.99. The Kier molecular flexibility index (Phi) is 5.19. The molecule has 6 heteroatoms. The highest BCUT2D eigenvalue weighted by molar-refractivity contribution is 7.17. The van der Waals surface area contributed by atoms with E-state index >= 15 is 0 Å². The summed E-state index contributed by atoms with van der Waals surface area (Å²) in [5.41, 5.74) is 1.43. The Labute approximate surface area is 158 Å². The van der Waals surface area contributed by atoms with Crippen molar-refractivity contribution in [1.82, 2.24) is 0 Å². The Balaban J connectivity index is 1.75. The van der Waals surface area contributed by atoms with Crippen LogP contribution in [-0.2, 0) is 6.18 Å². The first-order valence-corrected chi connectivity index (χ1v) is 8.85. The standard InChI is InChI=1S/C21H15F3O2S/c1-13-12-14(2-8-17(13)25)3-9-18(26)20-11-10-19(27-20)15-4-6-16(7-5-15)21(22,23)24/h2-12,25H,1H3. The van der Waals surface area contributed by atoms with Gasteiger partial charge in [0.1, 0.15) is 5.75 Å². The van der Waals surface area contributed by atoms with Gasteiger partial charge in [-0.15, -0.1) is 11.3 Å². The Morgan fingerprint density at radius 2 is 1.74 bits per heavy atom. The molecule has 27 heavy (non-hydrogen) atoms. The van der Waals surface area contributed by atoms with E-state index < -0.39 is 11.7 Å². The van der Waals surface area contributed by atoms with Gasteiger partial charge in [-0.3, -0.25) is 4.79 Å². The van der Waals surface area contributed by atoms with Crippen molar-refractivity contribution in [1.29, 1.82) is 0 Å². The number of thiophene rings is 1. The summed E-state index contributed by atoms with van der Waals surface area (Å²) in [6.07, 6.45) is -1.27. The van der Waals surface area contributed by atoms with Crippen LogP contribution in [0.25, 0.3) is 16.5 Å². The van der Waals surface area contributed by atoms with Crippen LogP contribution in [0.1, 0.15) is 26.4 Å². The molecule has 0 unspecified atom stereocenters. The minimum absolute atomic E-state index is 0.191. The van der Waals surface area contributed by atoms with Crippen molar-refractivity contribution in [2.45, 2.75) is 13.1 Å². The van der Waals surface area contributed by atoms with Gasteiger partial charge in [-0.25, -0.2) is 0 Å². The lowest BCUT2D eigenvalue weighted by Crippen LogP contribution is -2.03. The van der Waals surface area contributed by atoms with E-state index in [0.29, 0.717) is 16.0 Å². The summed E-state index contributed by atoms with van der Waals surface area (Å²) < 4.78 is 37.9. The molecule has 0 aliphatic heterocycles. The number of halogens is 3. The zero-order valence-corrected chi connectivity index (χ0v) is 15.1. The van der Waals surface area contributed by atoms with Crippen LogP contribution in [0, 0.1) is 6.92 Å². The van der Waals surface area contributed by atoms with Gasteiger partial charge in [0.05, 0.1) is 10.4 Å². The van der Waals surface area contributed by atoms with Gasteiger partial charge in [0.15, 0.2) is 5.78 Å². The summed E-state index contributed by atoms with van der Waals surface area (Å²) in [4.78, 5) is 13.5. The molecule has 138 valence electrons. The molecule has 0 saturated heterocycles. The first kappa shape index (κ1) is 18.9. The fourth-order valence-electron chi connectivity index (χ4n) is 2.49. The zero-order chi connectivity index (χ0) is 19.6. The monoisotopic (exact) mass is 388 g/mol. The maximum absolute atomic E-state index is 12.6. The molecule has 1 aromatic heterocycles. The molecule has 0 radical (unpaired) electrons. The normalized spacial score (nSPS) is 11.9. The molecule has 1 heterocycles. The maximum Gasteiger partial charge on any atom is 0.416 e. The van der Waals surface area contributed by atoms with Crippen molar-refractivity contribution >= 4 is 23.2 Å². The number of carbonyl (C=O) groups excluding carboxylic acids is 1. The second kappa shape index (κ2) is 7.40. The molecule has 0 spiro atoms. The molecular formula is C21H15F3O2S. The predicted molar refractivity (Wildman–Crippen MR) is 101 cm³/mol. The van der Waals surface area contributed by atoms with Crippen LogP contribution in [0.15, 0.2) is 60.7 Å². The van der Waals surface area contributed by atoms with E-state index in [0.717, 1.165) is 22.6 Å². The summed E-state index contributed by atoms with van der Waals surface area (Å²) in [5.74, 6) is 0.00167. The smallest absolute Gasteiger partial charge is 0.416 e. The molecule has 3 aromatic rings. The summed E-state index contributed by atoms with van der Waals surface area (Å²) >= 11 is 1.23. The predicted octanol–water partition coefficient (Wildman–Crippen LogP) is 6.34. The maximum atomic E-state index is 12.6. The van der Waals surface area contributed by atoms with Gasteiger partial charge in [-0.2, -0.15) is 13.2 Å². The zero-order valence-electron chi connectivity index (χ0n) is 14.2. The second-order valence-corrected chi connectivity index (χ2v) is 7.07. The van der Waals surface area contributed by atoms with E-state index in [1.807, 2.05) is 0 Å². The first-order valence-electron chi connectivity index (χ1n) is 8.03. The van der Waals surface area contributed by atoms with E-state index in [1.54, 1.807) is 43.3 Å². The SMILES string of the molecule is Cc1cc(C=CC(=O)c2ccc(-c3ccc(C(F)(F)F)cc3)s2)ccc1O. The lowest BCUT2D eigenvalue weighted by Gasteiger charge is -2.06. The third kappa shape index (κ3) is 4.46. The molecule has 2 nitrogen and oxygen atoms in total. The molecule has 0 fully saturated rings. The number of rotatable bonds is 4. The number of phenolic OH excluding ortho intramolecular Hbond substituents is 1. The number of hydrogen-bond acceptors (Lipinski definition) is 3. The number of allylic oxidation sites excluding steroid dienone is 1. The average Bonchev–Trinajstić information content (AvgIpc) is 3.12. The fraction of sp³-hybridized carbons (Fsp3) is 0.0952. The number of ketones is 1. The number of hydrogen-bond donors (Lipinski definition) is 1. The van der Waals surface area contributed by atoms with E-state index in [2.05, 4.69) is 0 Å². The number of benzene rings is 2. The highest BCUT2D eigenvalue weighted by Gasteiger charge is 2.30. The van der Waals surface area contributed by atoms with Crippen molar-refractivity contribution < 1.29 is 23.1 Å². The second-order valence-electron chi connectivity index (χ2n) is 5.98. The molecule has 0 aliphatic carbocycles. The summed E-state index contributed by atoms with van der Waals surface area (Å²) in [6, 6.07) is 13.3. The topological polar surface area (TPSA) is 37.3 Å². The number of carbonyl (C=O) groups is 1. The van der Waals surface area contributed by atoms with Crippen LogP contribution in [0.2, 0.25) is 0 Å². The number of aryl methyl sites for hydroxylation is 1. The molecular weight excluding hydrogens is 373 g/mol.